The van der Waals surface area contributed by atoms with Crippen molar-refractivity contribution < 1.29 is 24.5 Å². The molecule has 0 bridgehead atoms. The molecule has 1 aliphatic rings. The predicted molar refractivity (Wildman–Crippen MR) is 60.2 cm³/mol. The zero-order valence-corrected chi connectivity index (χ0v) is 10.2. The van der Waals surface area contributed by atoms with Gasteiger partial charge >= 0.3 is 11.9 Å². The summed E-state index contributed by atoms with van der Waals surface area (Å²) in [5, 5.41) is 30.9. The van der Waals surface area contributed by atoms with Crippen LogP contribution in [-0.4, -0.2) is 57.3 Å². The Morgan fingerprint density at radius 3 is 2.79 bits per heavy atom. The molecule has 9 nitrogen and oxygen atoms in total. The number of aromatic nitrogens is 3. The molecule has 104 valence electrons. The van der Waals surface area contributed by atoms with Crippen molar-refractivity contribution >= 4 is 11.9 Å². The molecule has 9 heteroatoms. The summed E-state index contributed by atoms with van der Waals surface area (Å²) in [6.07, 6.45) is 1.06. The van der Waals surface area contributed by atoms with Crippen LogP contribution in [0.1, 0.15) is 12.1 Å². The summed E-state index contributed by atoms with van der Waals surface area (Å²) >= 11 is 0. The lowest BCUT2D eigenvalue weighted by atomic mass is 9.81. The summed E-state index contributed by atoms with van der Waals surface area (Å²) in [5.41, 5.74) is -0.730. The second-order valence-corrected chi connectivity index (χ2v) is 4.35. The van der Waals surface area contributed by atoms with E-state index in [2.05, 4.69) is 20.7 Å². The van der Waals surface area contributed by atoms with Crippen LogP contribution < -0.4 is 5.32 Å². The van der Waals surface area contributed by atoms with Gasteiger partial charge < -0.3 is 20.3 Å². The first-order chi connectivity index (χ1) is 9.01. The molecule has 1 fully saturated rings. The first-order valence-electron chi connectivity index (χ1n) is 5.60. The maximum absolute atomic E-state index is 11.2. The Hall–Kier alpha value is -2.00. The Bertz CT molecular complexity index is 476. The fraction of sp³-hybridized carbons (Fsp3) is 0.600. The Balaban J connectivity index is 2.41. The molecule has 19 heavy (non-hydrogen) atoms. The van der Waals surface area contributed by atoms with E-state index in [4.69, 9.17) is 14.9 Å². The van der Waals surface area contributed by atoms with E-state index in [9.17, 15) is 9.59 Å². The van der Waals surface area contributed by atoms with Gasteiger partial charge in [0.05, 0.1) is 12.6 Å². The largest absolute Gasteiger partial charge is 0.481 e. The summed E-state index contributed by atoms with van der Waals surface area (Å²) in [6.45, 7) is 0.158. The van der Waals surface area contributed by atoms with Gasteiger partial charge in [0.25, 0.3) is 0 Å². The lowest BCUT2D eigenvalue weighted by Gasteiger charge is -2.31. The second-order valence-electron chi connectivity index (χ2n) is 4.35. The number of aromatic amines is 1. The number of carboxylic acids is 2. The fourth-order valence-electron chi connectivity index (χ4n) is 2.55. The molecule has 3 atom stereocenters. The van der Waals surface area contributed by atoms with Gasteiger partial charge in [-0.1, -0.05) is 0 Å². The number of methoxy groups -OCH3 is 1. The summed E-state index contributed by atoms with van der Waals surface area (Å²) in [7, 11) is 1.40. The quantitative estimate of drug-likeness (QED) is 0.523. The third-order valence-electron chi connectivity index (χ3n) is 3.46. The van der Waals surface area contributed by atoms with E-state index in [0.717, 1.165) is 0 Å². The monoisotopic (exact) mass is 270 g/mol. The molecule has 0 unspecified atom stereocenters. The molecule has 2 rings (SSSR count). The predicted octanol–water partition coefficient (Wildman–Crippen LogP) is -1.21. The number of H-pyrrole nitrogens is 1. The van der Waals surface area contributed by atoms with Crippen molar-refractivity contribution in [3.05, 3.63) is 11.9 Å². The average Bonchev–Trinajstić information content (AvgIpc) is 2.95. The SMILES string of the molecule is CO[C@]1(c2cn[nH]n2)CN[C@H](C(=O)O)[C@H]1CC(=O)O. The van der Waals surface area contributed by atoms with E-state index in [1.807, 2.05) is 0 Å². The lowest BCUT2D eigenvalue weighted by molar-refractivity contribution is -0.146. The highest BCUT2D eigenvalue weighted by molar-refractivity contribution is 5.77. The number of carboxylic acid groups (broad SMARTS) is 2. The molecule has 1 saturated heterocycles. The van der Waals surface area contributed by atoms with Crippen molar-refractivity contribution in [2.24, 2.45) is 5.92 Å². The number of ether oxygens (including phenoxy) is 1. The summed E-state index contributed by atoms with van der Waals surface area (Å²) < 4.78 is 5.43. The summed E-state index contributed by atoms with van der Waals surface area (Å²) in [4.78, 5) is 22.2. The number of aliphatic carboxylic acids is 2. The topological polar surface area (TPSA) is 137 Å². The zero-order chi connectivity index (χ0) is 14.0. The molecule has 0 aliphatic carbocycles. The van der Waals surface area contributed by atoms with Gasteiger partial charge in [-0.15, -0.1) is 0 Å². The van der Waals surface area contributed by atoms with Crippen LogP contribution in [0, 0.1) is 5.92 Å². The van der Waals surface area contributed by atoms with Gasteiger partial charge in [-0.25, -0.2) is 0 Å². The van der Waals surface area contributed by atoms with Crippen LogP contribution >= 0.6 is 0 Å². The smallest absolute Gasteiger partial charge is 0.321 e. The number of nitrogens with zero attached hydrogens (tertiary/aromatic N) is 2. The van der Waals surface area contributed by atoms with E-state index in [-0.39, 0.29) is 13.0 Å². The van der Waals surface area contributed by atoms with Crippen molar-refractivity contribution in [2.75, 3.05) is 13.7 Å². The van der Waals surface area contributed by atoms with Crippen molar-refractivity contribution in [3.8, 4) is 0 Å². The third kappa shape index (κ3) is 2.17. The van der Waals surface area contributed by atoms with Crippen LogP contribution in [0.25, 0.3) is 0 Å². The van der Waals surface area contributed by atoms with Crippen LogP contribution in [0.15, 0.2) is 6.20 Å². The highest BCUT2D eigenvalue weighted by atomic mass is 16.5. The molecule has 0 radical (unpaired) electrons. The van der Waals surface area contributed by atoms with Crippen LogP contribution in [-0.2, 0) is 19.9 Å². The maximum Gasteiger partial charge on any atom is 0.321 e. The molecule has 4 N–H and O–H groups in total. The summed E-state index contributed by atoms with van der Waals surface area (Å²) in [6, 6.07) is -1.01. The molecular weight excluding hydrogens is 256 g/mol. The van der Waals surface area contributed by atoms with Crippen molar-refractivity contribution in [2.45, 2.75) is 18.1 Å². The van der Waals surface area contributed by atoms with E-state index in [1.54, 1.807) is 0 Å². The molecule has 1 aliphatic heterocycles. The third-order valence-corrected chi connectivity index (χ3v) is 3.46. The maximum atomic E-state index is 11.2. The Kier molecular flexibility index (Phi) is 3.49. The number of hydrogen-bond acceptors (Lipinski definition) is 6. The van der Waals surface area contributed by atoms with Crippen LogP contribution in [0.5, 0.6) is 0 Å². The molecule has 0 aromatic carbocycles. The first kappa shape index (κ1) is 13.4. The molecule has 0 amide bonds. The summed E-state index contributed by atoms with van der Waals surface area (Å²) in [5.74, 6) is -2.99. The second kappa shape index (κ2) is 4.94. The van der Waals surface area contributed by atoms with Crippen molar-refractivity contribution in [1.29, 1.82) is 0 Å². The van der Waals surface area contributed by atoms with Gasteiger partial charge in [-0.2, -0.15) is 15.4 Å². The van der Waals surface area contributed by atoms with Gasteiger partial charge in [0.1, 0.15) is 17.3 Å². The van der Waals surface area contributed by atoms with Gasteiger partial charge in [-0.05, 0) is 0 Å². The molecule has 1 aromatic heterocycles. The lowest BCUT2D eigenvalue weighted by Crippen LogP contribution is -2.42. The Labute approximate surface area is 108 Å². The van der Waals surface area contributed by atoms with Crippen LogP contribution in [0.3, 0.4) is 0 Å². The highest BCUT2D eigenvalue weighted by Crippen LogP contribution is 2.40. The van der Waals surface area contributed by atoms with Gasteiger partial charge in [0.15, 0.2) is 0 Å². The molecule has 0 spiro atoms. The van der Waals surface area contributed by atoms with Gasteiger partial charge in [-0.3, -0.25) is 9.59 Å². The van der Waals surface area contributed by atoms with Crippen LogP contribution in [0.2, 0.25) is 0 Å². The van der Waals surface area contributed by atoms with Gasteiger partial charge in [0, 0.05) is 19.6 Å². The minimum absolute atomic E-state index is 0.158. The van der Waals surface area contributed by atoms with E-state index < -0.39 is 29.5 Å². The highest BCUT2D eigenvalue weighted by Gasteiger charge is 2.54. The Morgan fingerprint density at radius 1 is 1.58 bits per heavy atom. The average molecular weight is 270 g/mol. The normalized spacial score (nSPS) is 30.4. The van der Waals surface area contributed by atoms with Gasteiger partial charge in [0.2, 0.25) is 0 Å². The molecular formula is C10H14N4O5. The fourth-order valence-corrected chi connectivity index (χ4v) is 2.55. The number of hydrogen-bond donors (Lipinski definition) is 4. The number of nitrogens with one attached hydrogen (secondary N) is 2. The van der Waals surface area contributed by atoms with E-state index in [1.165, 1.54) is 13.3 Å². The van der Waals surface area contributed by atoms with Crippen LogP contribution in [0.4, 0.5) is 0 Å². The van der Waals surface area contributed by atoms with Crippen molar-refractivity contribution in [3.63, 3.8) is 0 Å². The molecule has 1 aromatic rings. The molecule has 2 heterocycles. The Morgan fingerprint density at radius 2 is 2.32 bits per heavy atom. The number of carbonyl (C=O) groups is 2. The standard InChI is InChI=1S/C10H14N4O5/c1-19-10(6-3-12-14-13-6)4-11-8(9(17)18)5(10)2-7(15)16/h3,5,8,11H,2,4H2,1H3,(H,15,16)(H,17,18)(H,12,13,14)/t5-,8+,10-/m1/s1. The van der Waals surface area contributed by atoms with E-state index in [0.29, 0.717) is 5.69 Å². The minimum Gasteiger partial charge on any atom is -0.481 e. The van der Waals surface area contributed by atoms with Crippen molar-refractivity contribution in [1.82, 2.24) is 20.7 Å². The molecule has 0 saturated carbocycles. The minimum atomic E-state index is -1.12. The zero-order valence-electron chi connectivity index (χ0n) is 10.2. The first-order valence-corrected chi connectivity index (χ1v) is 5.60. The number of rotatable bonds is 5. The van der Waals surface area contributed by atoms with E-state index >= 15 is 0 Å².